The van der Waals surface area contributed by atoms with E-state index in [0.29, 0.717) is 23.6 Å². The summed E-state index contributed by atoms with van der Waals surface area (Å²) in [5, 5.41) is 7.28. The molecule has 27 heavy (non-hydrogen) atoms. The fourth-order valence-electron chi connectivity index (χ4n) is 2.91. The topological polar surface area (TPSA) is 56.2 Å². The number of rotatable bonds is 6. The van der Waals surface area contributed by atoms with Crippen LogP contribution in [-0.4, -0.2) is 22.8 Å². The molecule has 0 saturated heterocycles. The molecule has 0 radical (unpaired) electrons. The summed E-state index contributed by atoms with van der Waals surface area (Å²) in [5.74, 6) is -0.282. The SMILES string of the molecule is CCn1nc(C(=O)NC(C)c2ccccc2)cc1-c1ccc(OC)cc1F. The summed E-state index contributed by atoms with van der Waals surface area (Å²) in [6.07, 6.45) is 0. The number of carbonyl (C=O) groups excluding carboxylic acids is 1. The number of amides is 1. The Morgan fingerprint density at radius 3 is 2.59 bits per heavy atom. The Morgan fingerprint density at radius 1 is 1.22 bits per heavy atom. The number of aryl methyl sites for hydroxylation is 1. The van der Waals surface area contributed by atoms with Crippen molar-refractivity contribution in [1.82, 2.24) is 15.1 Å². The van der Waals surface area contributed by atoms with E-state index in [1.165, 1.54) is 13.2 Å². The summed E-state index contributed by atoms with van der Waals surface area (Å²) in [6.45, 7) is 4.32. The van der Waals surface area contributed by atoms with Crippen molar-refractivity contribution in [2.45, 2.75) is 26.4 Å². The molecule has 6 heteroatoms. The molecule has 0 aliphatic carbocycles. The number of halogens is 1. The third kappa shape index (κ3) is 4.00. The molecular formula is C21H22FN3O2. The van der Waals surface area contributed by atoms with Crippen LogP contribution >= 0.6 is 0 Å². The van der Waals surface area contributed by atoms with Gasteiger partial charge in [-0.15, -0.1) is 0 Å². The minimum Gasteiger partial charge on any atom is -0.497 e. The van der Waals surface area contributed by atoms with E-state index in [-0.39, 0.29) is 17.6 Å². The number of hydrogen-bond acceptors (Lipinski definition) is 3. The van der Waals surface area contributed by atoms with Gasteiger partial charge in [-0.05, 0) is 37.6 Å². The van der Waals surface area contributed by atoms with Crippen molar-refractivity contribution in [3.63, 3.8) is 0 Å². The van der Waals surface area contributed by atoms with Gasteiger partial charge in [-0.3, -0.25) is 9.48 Å². The first-order chi connectivity index (χ1) is 13.0. The zero-order valence-corrected chi connectivity index (χ0v) is 15.6. The highest BCUT2D eigenvalue weighted by molar-refractivity contribution is 5.93. The summed E-state index contributed by atoms with van der Waals surface area (Å²) in [5.41, 5.74) is 2.18. The Bertz CT molecular complexity index is 938. The van der Waals surface area contributed by atoms with Gasteiger partial charge in [-0.1, -0.05) is 30.3 Å². The third-order valence-corrected chi connectivity index (χ3v) is 4.41. The number of benzene rings is 2. The molecule has 1 amide bonds. The summed E-state index contributed by atoms with van der Waals surface area (Å²) in [6, 6.07) is 15.8. The maximum atomic E-state index is 14.5. The van der Waals surface area contributed by atoms with Crippen molar-refractivity contribution in [3.05, 3.63) is 71.7 Å². The van der Waals surface area contributed by atoms with Crippen LogP contribution in [0.5, 0.6) is 5.75 Å². The van der Waals surface area contributed by atoms with Crippen LogP contribution in [0, 0.1) is 5.82 Å². The maximum absolute atomic E-state index is 14.5. The molecule has 0 saturated carbocycles. The lowest BCUT2D eigenvalue weighted by Gasteiger charge is -2.13. The Hall–Kier alpha value is -3.15. The summed E-state index contributed by atoms with van der Waals surface area (Å²) in [7, 11) is 1.49. The van der Waals surface area contributed by atoms with Gasteiger partial charge in [0, 0.05) is 18.2 Å². The molecule has 0 aliphatic rings. The quantitative estimate of drug-likeness (QED) is 0.710. The van der Waals surface area contributed by atoms with E-state index in [1.54, 1.807) is 22.9 Å². The number of aromatic nitrogens is 2. The van der Waals surface area contributed by atoms with E-state index in [0.717, 1.165) is 5.56 Å². The highest BCUT2D eigenvalue weighted by Crippen LogP contribution is 2.27. The van der Waals surface area contributed by atoms with Crippen LogP contribution in [0.4, 0.5) is 4.39 Å². The fourth-order valence-corrected chi connectivity index (χ4v) is 2.91. The third-order valence-electron chi connectivity index (χ3n) is 4.41. The van der Waals surface area contributed by atoms with Crippen LogP contribution in [0.25, 0.3) is 11.3 Å². The van der Waals surface area contributed by atoms with E-state index in [1.807, 2.05) is 44.2 Å². The molecule has 1 heterocycles. The van der Waals surface area contributed by atoms with E-state index >= 15 is 0 Å². The molecule has 140 valence electrons. The number of nitrogens with zero attached hydrogens (tertiary/aromatic N) is 2. The number of nitrogens with one attached hydrogen (secondary N) is 1. The Labute approximate surface area is 157 Å². The normalized spacial score (nSPS) is 11.9. The largest absolute Gasteiger partial charge is 0.497 e. The second-order valence-electron chi connectivity index (χ2n) is 6.18. The van der Waals surface area contributed by atoms with Crippen LogP contribution in [0.15, 0.2) is 54.6 Å². The monoisotopic (exact) mass is 367 g/mol. The minimum atomic E-state index is -0.423. The van der Waals surface area contributed by atoms with Gasteiger partial charge < -0.3 is 10.1 Å². The van der Waals surface area contributed by atoms with Gasteiger partial charge in [0.1, 0.15) is 11.6 Å². The van der Waals surface area contributed by atoms with Crippen molar-refractivity contribution < 1.29 is 13.9 Å². The number of hydrogen-bond donors (Lipinski definition) is 1. The molecule has 0 aliphatic heterocycles. The molecule has 1 aromatic heterocycles. The van der Waals surface area contributed by atoms with Gasteiger partial charge in [-0.25, -0.2) is 4.39 Å². The smallest absolute Gasteiger partial charge is 0.272 e. The minimum absolute atomic E-state index is 0.161. The molecule has 0 bridgehead atoms. The molecule has 2 aromatic carbocycles. The number of methoxy groups -OCH3 is 1. The first kappa shape index (κ1) is 18.6. The van der Waals surface area contributed by atoms with Gasteiger partial charge >= 0.3 is 0 Å². The lowest BCUT2D eigenvalue weighted by molar-refractivity contribution is 0.0934. The number of carbonyl (C=O) groups is 1. The van der Waals surface area contributed by atoms with Crippen molar-refractivity contribution in [3.8, 4) is 17.0 Å². The average molecular weight is 367 g/mol. The van der Waals surface area contributed by atoms with Gasteiger partial charge in [-0.2, -0.15) is 5.10 Å². The summed E-state index contributed by atoms with van der Waals surface area (Å²) >= 11 is 0. The highest BCUT2D eigenvalue weighted by atomic mass is 19.1. The zero-order chi connectivity index (χ0) is 19.4. The van der Waals surface area contributed by atoms with Crippen molar-refractivity contribution in [2.24, 2.45) is 0 Å². The highest BCUT2D eigenvalue weighted by Gasteiger charge is 2.19. The molecule has 0 fully saturated rings. The number of ether oxygens (including phenoxy) is 1. The lowest BCUT2D eigenvalue weighted by Crippen LogP contribution is -2.27. The van der Waals surface area contributed by atoms with E-state index < -0.39 is 5.82 Å². The molecule has 3 rings (SSSR count). The molecule has 5 nitrogen and oxygen atoms in total. The maximum Gasteiger partial charge on any atom is 0.272 e. The molecule has 1 atom stereocenters. The van der Waals surface area contributed by atoms with Crippen molar-refractivity contribution in [1.29, 1.82) is 0 Å². The molecular weight excluding hydrogens is 345 g/mol. The van der Waals surface area contributed by atoms with Gasteiger partial charge in [0.25, 0.3) is 5.91 Å². The standard InChI is InChI=1S/C21H22FN3O2/c1-4-25-20(17-11-10-16(27-3)12-18(17)22)13-19(24-25)21(26)23-14(2)15-8-6-5-7-9-15/h5-14H,4H2,1-3H3,(H,23,26). The van der Waals surface area contributed by atoms with Gasteiger partial charge in [0.15, 0.2) is 5.69 Å². The van der Waals surface area contributed by atoms with Crippen molar-refractivity contribution in [2.75, 3.05) is 7.11 Å². The second-order valence-corrected chi connectivity index (χ2v) is 6.18. The van der Waals surface area contributed by atoms with Gasteiger partial charge in [0.05, 0.1) is 18.8 Å². The molecule has 1 N–H and O–H groups in total. The first-order valence-electron chi connectivity index (χ1n) is 8.81. The Balaban J connectivity index is 1.87. The van der Waals surface area contributed by atoms with Crippen LogP contribution < -0.4 is 10.1 Å². The van der Waals surface area contributed by atoms with Crippen LogP contribution in [-0.2, 0) is 6.54 Å². The van der Waals surface area contributed by atoms with E-state index in [2.05, 4.69) is 10.4 Å². The predicted molar refractivity (Wildman–Crippen MR) is 102 cm³/mol. The Kier molecular flexibility index (Phi) is 5.54. The molecule has 3 aromatic rings. The first-order valence-corrected chi connectivity index (χ1v) is 8.81. The van der Waals surface area contributed by atoms with Crippen LogP contribution in [0.1, 0.15) is 35.9 Å². The molecule has 0 spiro atoms. The fraction of sp³-hybridized carbons (Fsp3) is 0.238. The lowest BCUT2D eigenvalue weighted by atomic mass is 10.1. The summed E-state index contributed by atoms with van der Waals surface area (Å²) < 4.78 is 21.1. The molecule has 1 unspecified atom stereocenters. The van der Waals surface area contributed by atoms with E-state index in [4.69, 9.17) is 4.74 Å². The van der Waals surface area contributed by atoms with Crippen LogP contribution in [0.3, 0.4) is 0 Å². The van der Waals surface area contributed by atoms with Crippen molar-refractivity contribution >= 4 is 5.91 Å². The predicted octanol–water partition coefficient (Wildman–Crippen LogP) is 4.21. The summed E-state index contributed by atoms with van der Waals surface area (Å²) in [4.78, 5) is 12.6. The Morgan fingerprint density at radius 2 is 1.96 bits per heavy atom. The van der Waals surface area contributed by atoms with Crippen LogP contribution in [0.2, 0.25) is 0 Å². The zero-order valence-electron chi connectivity index (χ0n) is 15.6. The average Bonchev–Trinajstić information content (AvgIpc) is 3.12. The van der Waals surface area contributed by atoms with Gasteiger partial charge in [0.2, 0.25) is 0 Å². The second kappa shape index (κ2) is 8.03. The van der Waals surface area contributed by atoms with E-state index in [9.17, 15) is 9.18 Å².